The number of carbonyl (C=O) groups excluding carboxylic acids is 1. The van der Waals surface area contributed by atoms with Gasteiger partial charge in [0.2, 0.25) is 0 Å². The van der Waals surface area contributed by atoms with Gasteiger partial charge in [0.25, 0.3) is 0 Å². The van der Waals surface area contributed by atoms with E-state index in [0.717, 1.165) is 18.0 Å². The molecule has 2 atom stereocenters. The largest absolute Gasteiger partial charge is 0.476 e. The summed E-state index contributed by atoms with van der Waals surface area (Å²) < 4.78 is 0. The fourth-order valence-electron chi connectivity index (χ4n) is 1.20. The lowest BCUT2D eigenvalue weighted by Gasteiger charge is -2.16. The lowest BCUT2D eigenvalue weighted by atomic mass is 10.1. The van der Waals surface area contributed by atoms with Crippen LogP contribution in [-0.4, -0.2) is 48.2 Å². The Labute approximate surface area is 112 Å². The minimum absolute atomic E-state index is 0.0367. The first-order valence-corrected chi connectivity index (χ1v) is 6.16. The number of hydrogen-bond donors (Lipinski definition) is 4. The van der Waals surface area contributed by atoms with Crippen LogP contribution in [0.4, 0.5) is 5.82 Å². The zero-order valence-corrected chi connectivity index (χ0v) is 10.8. The van der Waals surface area contributed by atoms with Crippen molar-refractivity contribution >= 4 is 28.7 Å². The molecule has 0 bridgehead atoms. The van der Waals surface area contributed by atoms with Gasteiger partial charge in [-0.25, -0.2) is 14.8 Å². The summed E-state index contributed by atoms with van der Waals surface area (Å²) >= 11 is 0.838. The molecule has 2 unspecified atom stereocenters. The summed E-state index contributed by atoms with van der Waals surface area (Å²) in [6.45, 7) is 1.33. The lowest BCUT2D eigenvalue weighted by Crippen LogP contribution is -2.23. The van der Waals surface area contributed by atoms with E-state index in [1.54, 1.807) is 0 Å². The predicted molar refractivity (Wildman–Crippen MR) is 67.5 cm³/mol. The van der Waals surface area contributed by atoms with Gasteiger partial charge in [-0.05, 0) is 0 Å². The molecule has 1 aromatic heterocycles. The summed E-state index contributed by atoms with van der Waals surface area (Å²) in [5.74, 6) is -1.70. The maximum atomic E-state index is 10.8. The van der Waals surface area contributed by atoms with Crippen LogP contribution in [0.3, 0.4) is 0 Å². The third kappa shape index (κ3) is 4.16. The van der Waals surface area contributed by atoms with Crippen LogP contribution in [0, 0.1) is 0 Å². The lowest BCUT2D eigenvalue weighted by molar-refractivity contribution is -0.109. The number of carboxylic acids is 1. The van der Waals surface area contributed by atoms with Gasteiger partial charge in [0, 0.05) is 12.7 Å². The van der Waals surface area contributed by atoms with Crippen LogP contribution >= 0.6 is 11.8 Å². The number of carbonyl (C=O) groups is 2. The topological polar surface area (TPSA) is 147 Å². The third-order valence-corrected chi connectivity index (χ3v) is 3.06. The van der Waals surface area contributed by atoms with Crippen molar-refractivity contribution in [3.8, 4) is 0 Å². The fraction of sp³-hybridized carbons (Fsp3) is 0.400. The number of rotatable bonds is 5. The van der Waals surface area contributed by atoms with E-state index in [9.17, 15) is 19.8 Å². The highest BCUT2D eigenvalue weighted by molar-refractivity contribution is 8.13. The van der Waals surface area contributed by atoms with Crippen LogP contribution in [-0.2, 0) is 4.79 Å². The van der Waals surface area contributed by atoms with Crippen LogP contribution in [0.5, 0.6) is 0 Å². The molecule has 0 aliphatic rings. The third-order valence-electron chi connectivity index (χ3n) is 2.15. The molecule has 0 aromatic carbocycles. The van der Waals surface area contributed by atoms with Gasteiger partial charge in [-0.15, -0.1) is 0 Å². The number of aliphatic hydroxyl groups is 2. The molecule has 8 nitrogen and oxygen atoms in total. The van der Waals surface area contributed by atoms with Crippen molar-refractivity contribution in [2.75, 3.05) is 11.5 Å². The highest BCUT2D eigenvalue weighted by atomic mass is 32.2. The number of anilines is 1. The molecule has 9 heteroatoms. The summed E-state index contributed by atoms with van der Waals surface area (Å²) in [6, 6.07) is 0. The zero-order chi connectivity index (χ0) is 14.6. The summed E-state index contributed by atoms with van der Waals surface area (Å²) in [5.41, 5.74) is 4.70. The smallest absolute Gasteiger partial charge is 0.358 e. The maximum Gasteiger partial charge on any atom is 0.358 e. The van der Waals surface area contributed by atoms with Crippen LogP contribution in [0.2, 0.25) is 0 Å². The van der Waals surface area contributed by atoms with E-state index in [1.165, 1.54) is 6.92 Å². The molecule has 1 rings (SSSR count). The van der Waals surface area contributed by atoms with Gasteiger partial charge in [-0.1, -0.05) is 11.8 Å². The summed E-state index contributed by atoms with van der Waals surface area (Å²) in [5, 5.41) is 28.0. The van der Waals surface area contributed by atoms with Crippen molar-refractivity contribution in [3.63, 3.8) is 0 Å². The SMILES string of the molecule is CC(=O)SCC(O)C(O)c1cnc(N)c(C(=O)O)n1. The van der Waals surface area contributed by atoms with E-state index in [4.69, 9.17) is 10.8 Å². The number of thioether (sulfide) groups is 1. The van der Waals surface area contributed by atoms with Gasteiger partial charge in [0.15, 0.2) is 16.6 Å². The van der Waals surface area contributed by atoms with Crippen molar-refractivity contribution in [2.24, 2.45) is 0 Å². The Balaban J connectivity index is 2.87. The van der Waals surface area contributed by atoms with Gasteiger partial charge in [0.1, 0.15) is 6.10 Å². The molecule has 0 aliphatic carbocycles. The molecule has 1 heterocycles. The van der Waals surface area contributed by atoms with Crippen LogP contribution in [0.15, 0.2) is 6.20 Å². The Morgan fingerprint density at radius 1 is 1.47 bits per heavy atom. The Hall–Kier alpha value is -1.71. The molecule has 0 aliphatic heterocycles. The quantitative estimate of drug-likeness (QED) is 0.559. The second-order valence-electron chi connectivity index (χ2n) is 3.65. The van der Waals surface area contributed by atoms with Crippen LogP contribution in [0.1, 0.15) is 29.2 Å². The number of carboxylic acid groups (broad SMARTS) is 1. The highest BCUT2D eigenvalue weighted by Crippen LogP contribution is 2.19. The zero-order valence-electron chi connectivity index (χ0n) is 9.98. The van der Waals surface area contributed by atoms with E-state index in [1.807, 2.05) is 0 Å². The van der Waals surface area contributed by atoms with E-state index in [-0.39, 0.29) is 22.4 Å². The molecule has 104 valence electrons. The minimum Gasteiger partial charge on any atom is -0.476 e. The Kier molecular flexibility index (Phi) is 5.21. The molecule has 19 heavy (non-hydrogen) atoms. The Morgan fingerprint density at radius 3 is 2.63 bits per heavy atom. The van der Waals surface area contributed by atoms with Gasteiger partial charge in [-0.3, -0.25) is 4.79 Å². The van der Waals surface area contributed by atoms with E-state index in [2.05, 4.69) is 9.97 Å². The van der Waals surface area contributed by atoms with E-state index >= 15 is 0 Å². The van der Waals surface area contributed by atoms with E-state index in [0.29, 0.717) is 0 Å². The van der Waals surface area contributed by atoms with Crippen molar-refractivity contribution in [1.29, 1.82) is 0 Å². The number of aromatic carboxylic acids is 1. The maximum absolute atomic E-state index is 10.8. The Bertz CT molecular complexity index is 496. The second-order valence-corrected chi connectivity index (χ2v) is 4.85. The first kappa shape index (κ1) is 15.3. The first-order valence-electron chi connectivity index (χ1n) is 5.18. The van der Waals surface area contributed by atoms with Gasteiger partial charge >= 0.3 is 5.97 Å². The van der Waals surface area contributed by atoms with Crippen molar-refractivity contribution in [1.82, 2.24) is 9.97 Å². The average molecular weight is 287 g/mol. The Morgan fingerprint density at radius 2 is 2.11 bits per heavy atom. The van der Waals surface area contributed by atoms with Crippen molar-refractivity contribution < 1.29 is 24.9 Å². The van der Waals surface area contributed by atoms with Crippen LogP contribution in [0.25, 0.3) is 0 Å². The number of nitrogens with two attached hydrogens (primary N) is 1. The summed E-state index contributed by atoms with van der Waals surface area (Å²) in [4.78, 5) is 28.8. The van der Waals surface area contributed by atoms with E-state index < -0.39 is 23.9 Å². The van der Waals surface area contributed by atoms with Crippen LogP contribution < -0.4 is 5.73 Å². The molecule has 5 N–H and O–H groups in total. The van der Waals surface area contributed by atoms with Gasteiger partial charge in [-0.2, -0.15) is 0 Å². The minimum atomic E-state index is -1.45. The summed E-state index contributed by atoms with van der Waals surface area (Å²) in [6.07, 6.45) is -1.64. The summed E-state index contributed by atoms with van der Waals surface area (Å²) in [7, 11) is 0. The number of hydrogen-bond acceptors (Lipinski definition) is 8. The molecule has 0 amide bonds. The highest BCUT2D eigenvalue weighted by Gasteiger charge is 2.23. The average Bonchev–Trinajstić information content (AvgIpc) is 2.35. The second kappa shape index (κ2) is 6.45. The predicted octanol–water partition coefficient (Wildman–Crippen LogP) is -0.569. The molecule has 0 saturated heterocycles. The molecule has 1 aromatic rings. The van der Waals surface area contributed by atoms with Gasteiger partial charge < -0.3 is 21.1 Å². The molecule has 0 spiro atoms. The first-order chi connectivity index (χ1) is 8.82. The number of aromatic nitrogens is 2. The molecular weight excluding hydrogens is 274 g/mol. The molecule has 0 saturated carbocycles. The number of nitrogens with zero attached hydrogens (tertiary/aromatic N) is 2. The van der Waals surface area contributed by atoms with Crippen molar-refractivity contribution in [3.05, 3.63) is 17.6 Å². The molecule has 0 fully saturated rings. The normalized spacial score (nSPS) is 13.8. The number of aliphatic hydroxyl groups excluding tert-OH is 2. The van der Waals surface area contributed by atoms with Gasteiger partial charge in [0.05, 0.1) is 18.0 Å². The molecule has 0 radical (unpaired) electrons. The molecular formula is C10H13N3O5S. The standard InChI is InChI=1S/C10H13N3O5S/c1-4(14)19-3-6(15)8(16)5-2-12-9(11)7(13-5)10(17)18/h2,6,8,15-16H,3H2,1H3,(H2,11,12)(H,17,18). The number of nitrogen functional groups attached to an aromatic ring is 1. The van der Waals surface area contributed by atoms with Crippen molar-refractivity contribution in [2.45, 2.75) is 19.1 Å². The monoisotopic (exact) mass is 287 g/mol. The fourth-order valence-corrected chi connectivity index (χ4v) is 1.79.